The molecule has 3 heteroatoms. The quantitative estimate of drug-likeness (QED) is 0.921. The number of nitrogens with one attached hydrogen (secondary N) is 1. The summed E-state index contributed by atoms with van der Waals surface area (Å²) >= 11 is 0. The highest BCUT2D eigenvalue weighted by Crippen LogP contribution is 2.28. The van der Waals surface area contributed by atoms with Crippen LogP contribution in [0.4, 0.5) is 0 Å². The zero-order valence-electron chi connectivity index (χ0n) is 13.3. The van der Waals surface area contributed by atoms with Crippen LogP contribution in [0.5, 0.6) is 5.75 Å². The number of ether oxygens (including phenoxy) is 2. The molecule has 1 heterocycles. The number of rotatable bonds is 3. The molecule has 112 valence electrons. The third-order valence-corrected chi connectivity index (χ3v) is 3.99. The molecule has 0 aliphatic carbocycles. The molecule has 3 nitrogen and oxygen atoms in total. The molecule has 1 N–H and O–H groups in total. The summed E-state index contributed by atoms with van der Waals surface area (Å²) in [5.41, 5.74) is 2.70. The summed E-state index contributed by atoms with van der Waals surface area (Å²) in [4.78, 5) is 0. The summed E-state index contributed by atoms with van der Waals surface area (Å²) < 4.78 is 11.7. The molecule has 0 amide bonds. The van der Waals surface area contributed by atoms with Gasteiger partial charge in [-0.15, -0.1) is 0 Å². The second-order valence-corrected chi connectivity index (χ2v) is 6.65. The summed E-state index contributed by atoms with van der Waals surface area (Å²) in [6, 6.07) is 6.86. The molecule has 1 aromatic carbocycles. The van der Waals surface area contributed by atoms with E-state index in [0.717, 1.165) is 18.8 Å². The Hall–Kier alpha value is -1.06. The van der Waals surface area contributed by atoms with Crippen molar-refractivity contribution < 1.29 is 9.47 Å². The second-order valence-electron chi connectivity index (χ2n) is 6.65. The molecule has 0 spiro atoms. The van der Waals surface area contributed by atoms with Crippen molar-refractivity contribution in [2.24, 2.45) is 0 Å². The fourth-order valence-electron chi connectivity index (χ4n) is 2.57. The molecule has 1 aromatic rings. The van der Waals surface area contributed by atoms with Gasteiger partial charge in [-0.3, -0.25) is 0 Å². The number of hydrogen-bond donors (Lipinski definition) is 1. The lowest BCUT2D eigenvalue weighted by Gasteiger charge is -2.32. The molecule has 2 atom stereocenters. The lowest BCUT2D eigenvalue weighted by atomic mass is 9.86. The van der Waals surface area contributed by atoms with Crippen LogP contribution in [0.1, 0.15) is 38.3 Å². The molecule has 1 fully saturated rings. The lowest BCUT2D eigenvalue weighted by molar-refractivity contribution is -0.0132. The molecule has 1 aliphatic rings. The van der Waals surface area contributed by atoms with Crippen molar-refractivity contribution in [2.45, 2.75) is 51.7 Å². The lowest BCUT2D eigenvalue weighted by Crippen LogP contribution is -2.48. The Kier molecular flexibility index (Phi) is 4.71. The maximum absolute atomic E-state index is 6.17. The van der Waals surface area contributed by atoms with Crippen LogP contribution in [0.2, 0.25) is 0 Å². The van der Waals surface area contributed by atoms with Crippen molar-refractivity contribution in [3.63, 3.8) is 0 Å². The highest BCUT2D eigenvalue weighted by molar-refractivity contribution is 5.39. The third kappa shape index (κ3) is 3.53. The Balaban J connectivity index is 2.13. The number of likely N-dealkylation sites (N-methyl/N-ethyl adjacent to an activating group) is 1. The molecule has 20 heavy (non-hydrogen) atoms. The first-order valence-corrected chi connectivity index (χ1v) is 7.44. The van der Waals surface area contributed by atoms with E-state index in [9.17, 15) is 0 Å². The largest absolute Gasteiger partial charge is 0.486 e. The SMILES string of the molecule is CNC1CCOCC1Oc1ccc(C(C)(C)C)cc1C. The van der Waals surface area contributed by atoms with Gasteiger partial charge in [0.25, 0.3) is 0 Å². The van der Waals surface area contributed by atoms with E-state index in [2.05, 4.69) is 51.2 Å². The highest BCUT2D eigenvalue weighted by atomic mass is 16.5. The zero-order valence-corrected chi connectivity index (χ0v) is 13.3. The van der Waals surface area contributed by atoms with Crippen molar-refractivity contribution in [1.29, 1.82) is 0 Å². The molecular formula is C17H27NO2. The Morgan fingerprint density at radius 2 is 2.05 bits per heavy atom. The minimum absolute atomic E-state index is 0.0907. The molecular weight excluding hydrogens is 250 g/mol. The highest BCUT2D eigenvalue weighted by Gasteiger charge is 2.26. The van der Waals surface area contributed by atoms with Crippen LogP contribution >= 0.6 is 0 Å². The van der Waals surface area contributed by atoms with Crippen molar-refractivity contribution in [2.75, 3.05) is 20.3 Å². The van der Waals surface area contributed by atoms with Crippen LogP contribution in [0, 0.1) is 6.92 Å². The summed E-state index contributed by atoms with van der Waals surface area (Å²) in [5.74, 6) is 0.966. The van der Waals surface area contributed by atoms with Gasteiger partial charge >= 0.3 is 0 Å². The third-order valence-electron chi connectivity index (χ3n) is 3.99. The Labute approximate surface area is 122 Å². The molecule has 0 bridgehead atoms. The van der Waals surface area contributed by atoms with Gasteiger partial charge in [-0.1, -0.05) is 32.9 Å². The van der Waals surface area contributed by atoms with Gasteiger partial charge in [0, 0.05) is 12.6 Å². The van der Waals surface area contributed by atoms with E-state index in [0.29, 0.717) is 12.6 Å². The van der Waals surface area contributed by atoms with Crippen molar-refractivity contribution in [3.05, 3.63) is 29.3 Å². The van der Waals surface area contributed by atoms with Gasteiger partial charge in [0.2, 0.25) is 0 Å². The van der Waals surface area contributed by atoms with Crippen LogP contribution in [0.25, 0.3) is 0 Å². The normalized spacial score (nSPS) is 23.6. The van der Waals surface area contributed by atoms with Gasteiger partial charge < -0.3 is 14.8 Å². The fourth-order valence-corrected chi connectivity index (χ4v) is 2.57. The first kappa shape index (κ1) is 15.3. The van der Waals surface area contributed by atoms with E-state index < -0.39 is 0 Å². The maximum Gasteiger partial charge on any atom is 0.137 e. The Morgan fingerprint density at radius 1 is 1.30 bits per heavy atom. The first-order chi connectivity index (χ1) is 9.41. The average molecular weight is 277 g/mol. The molecule has 0 aromatic heterocycles. The van der Waals surface area contributed by atoms with Crippen LogP contribution < -0.4 is 10.1 Å². The van der Waals surface area contributed by atoms with E-state index >= 15 is 0 Å². The van der Waals surface area contributed by atoms with Crippen LogP contribution in [0.15, 0.2) is 18.2 Å². The van der Waals surface area contributed by atoms with E-state index in [-0.39, 0.29) is 11.5 Å². The van der Waals surface area contributed by atoms with E-state index in [4.69, 9.17) is 9.47 Å². The molecule has 0 radical (unpaired) electrons. The maximum atomic E-state index is 6.17. The number of hydrogen-bond acceptors (Lipinski definition) is 3. The second kappa shape index (κ2) is 6.15. The van der Waals surface area contributed by atoms with E-state index in [1.165, 1.54) is 11.1 Å². The molecule has 2 unspecified atom stereocenters. The molecule has 1 aliphatic heterocycles. The predicted molar refractivity (Wildman–Crippen MR) is 82.6 cm³/mol. The van der Waals surface area contributed by atoms with Gasteiger partial charge in [-0.05, 0) is 43.0 Å². The van der Waals surface area contributed by atoms with E-state index in [1.807, 2.05) is 7.05 Å². The fraction of sp³-hybridized carbons (Fsp3) is 0.647. The summed E-state index contributed by atoms with van der Waals surface area (Å²) in [7, 11) is 1.99. The molecule has 0 saturated carbocycles. The Bertz CT molecular complexity index is 451. The van der Waals surface area contributed by atoms with Gasteiger partial charge in [0.15, 0.2) is 0 Å². The van der Waals surface area contributed by atoms with Crippen LogP contribution in [-0.2, 0) is 10.2 Å². The van der Waals surface area contributed by atoms with Gasteiger partial charge in [-0.2, -0.15) is 0 Å². The topological polar surface area (TPSA) is 30.5 Å². The number of aryl methyl sites for hydroxylation is 1. The predicted octanol–water partition coefficient (Wildman–Crippen LogP) is 3.05. The minimum Gasteiger partial charge on any atom is -0.486 e. The van der Waals surface area contributed by atoms with Gasteiger partial charge in [0.05, 0.1) is 6.61 Å². The standard InChI is InChI=1S/C17H27NO2/c1-12-10-13(17(2,3)4)6-7-15(12)20-16-11-19-9-8-14(16)18-5/h6-7,10,14,16,18H,8-9,11H2,1-5H3. The van der Waals surface area contributed by atoms with Crippen LogP contribution in [-0.4, -0.2) is 32.4 Å². The summed E-state index contributed by atoms with van der Waals surface area (Å²) in [6.45, 7) is 10.3. The minimum atomic E-state index is 0.0907. The molecule has 1 saturated heterocycles. The average Bonchev–Trinajstić information content (AvgIpc) is 2.40. The van der Waals surface area contributed by atoms with Gasteiger partial charge in [0.1, 0.15) is 11.9 Å². The van der Waals surface area contributed by atoms with Crippen LogP contribution in [0.3, 0.4) is 0 Å². The van der Waals surface area contributed by atoms with Gasteiger partial charge in [-0.25, -0.2) is 0 Å². The smallest absolute Gasteiger partial charge is 0.137 e. The Morgan fingerprint density at radius 3 is 2.65 bits per heavy atom. The zero-order chi connectivity index (χ0) is 14.8. The molecule has 2 rings (SSSR count). The van der Waals surface area contributed by atoms with E-state index in [1.54, 1.807) is 0 Å². The first-order valence-electron chi connectivity index (χ1n) is 7.44. The summed E-state index contributed by atoms with van der Waals surface area (Å²) in [6.07, 6.45) is 1.09. The van der Waals surface area contributed by atoms with Crippen molar-refractivity contribution in [3.8, 4) is 5.75 Å². The van der Waals surface area contributed by atoms with Crippen molar-refractivity contribution >= 4 is 0 Å². The summed E-state index contributed by atoms with van der Waals surface area (Å²) in [5, 5.41) is 3.32. The van der Waals surface area contributed by atoms with Crippen molar-refractivity contribution in [1.82, 2.24) is 5.32 Å². The number of benzene rings is 1. The monoisotopic (exact) mass is 277 g/mol.